The molecule has 2 rings (SSSR count). The van der Waals surface area contributed by atoms with Crippen molar-refractivity contribution in [3.05, 3.63) is 29.3 Å². The van der Waals surface area contributed by atoms with E-state index < -0.39 is 27.7 Å². The molecule has 1 fully saturated rings. The largest absolute Gasteiger partial charge is 0.480 e. The zero-order valence-electron chi connectivity index (χ0n) is 14.6. The number of carboxylic acids is 1. The molecule has 1 aromatic rings. The van der Waals surface area contributed by atoms with E-state index in [2.05, 4.69) is 5.32 Å². The van der Waals surface area contributed by atoms with Gasteiger partial charge in [-0.25, -0.2) is 8.42 Å². The summed E-state index contributed by atoms with van der Waals surface area (Å²) in [6.45, 7) is 1.76. The Morgan fingerprint density at radius 3 is 2.63 bits per heavy atom. The highest BCUT2D eigenvalue weighted by Crippen LogP contribution is 2.34. The third-order valence-electron chi connectivity index (χ3n) is 4.34. The van der Waals surface area contributed by atoms with Crippen molar-refractivity contribution in [2.45, 2.75) is 30.8 Å². The second-order valence-corrected chi connectivity index (χ2v) is 8.31. The molecule has 0 spiro atoms. The number of halogens is 4. The first-order chi connectivity index (χ1) is 12.0. The minimum atomic E-state index is -4.62. The number of benzene rings is 1. The number of carbonyl (C=O) groups is 1. The lowest BCUT2D eigenvalue weighted by molar-refractivity contribution is -0.138. The Morgan fingerprint density at radius 2 is 2.04 bits per heavy atom. The highest BCUT2D eigenvalue weighted by molar-refractivity contribution is 7.89. The van der Waals surface area contributed by atoms with Gasteiger partial charge in [-0.15, -0.1) is 12.4 Å². The summed E-state index contributed by atoms with van der Waals surface area (Å²) in [5.74, 6) is -1.10. The fraction of sp³-hybridized carbons (Fsp3) is 0.562. The van der Waals surface area contributed by atoms with E-state index in [1.54, 1.807) is 0 Å². The Kier molecular flexibility index (Phi) is 8.09. The molecule has 1 aliphatic rings. The number of hydrogen-bond acceptors (Lipinski definition) is 4. The van der Waals surface area contributed by atoms with Crippen molar-refractivity contribution in [1.29, 1.82) is 0 Å². The topological polar surface area (TPSA) is 86.7 Å². The standard InChI is InChI=1S/C16H21F3N2O4S.ClH/c1-11-4-5-13(7-14(11)16(17,18)19)26(24,25)21-6-2-3-12(10-21)8-20-9-15(22)23;/h4-5,7,12,20H,2-3,6,8-10H2,1H3,(H,22,23);1H. The molecule has 27 heavy (non-hydrogen) atoms. The number of piperidine rings is 1. The molecule has 0 bridgehead atoms. The maximum atomic E-state index is 13.1. The minimum absolute atomic E-state index is 0. The smallest absolute Gasteiger partial charge is 0.416 e. The second kappa shape index (κ2) is 9.22. The molecule has 0 amide bonds. The molecule has 0 radical (unpaired) electrons. The van der Waals surface area contributed by atoms with E-state index in [0.29, 0.717) is 19.0 Å². The highest BCUT2D eigenvalue weighted by Gasteiger charge is 2.35. The van der Waals surface area contributed by atoms with Gasteiger partial charge in [-0.1, -0.05) is 6.07 Å². The molecule has 6 nitrogen and oxygen atoms in total. The summed E-state index contributed by atoms with van der Waals surface area (Å²) >= 11 is 0. The quantitative estimate of drug-likeness (QED) is 0.724. The summed E-state index contributed by atoms with van der Waals surface area (Å²) in [5.41, 5.74) is -0.999. The van der Waals surface area contributed by atoms with Gasteiger partial charge in [0.15, 0.2) is 0 Å². The lowest BCUT2D eigenvalue weighted by atomic mass is 10.00. The zero-order valence-corrected chi connectivity index (χ0v) is 16.3. The molecular weight excluding hydrogens is 409 g/mol. The van der Waals surface area contributed by atoms with Gasteiger partial charge in [0.25, 0.3) is 0 Å². The van der Waals surface area contributed by atoms with Gasteiger partial charge in [0.05, 0.1) is 17.0 Å². The Morgan fingerprint density at radius 1 is 1.37 bits per heavy atom. The lowest BCUT2D eigenvalue weighted by Crippen LogP contribution is -2.43. The molecule has 1 aliphatic heterocycles. The Bertz CT molecular complexity index is 771. The van der Waals surface area contributed by atoms with Crippen LogP contribution >= 0.6 is 12.4 Å². The van der Waals surface area contributed by atoms with Crippen LogP contribution in [0.3, 0.4) is 0 Å². The SMILES string of the molecule is Cc1ccc(S(=O)(=O)N2CCCC(CNCC(=O)O)C2)cc1C(F)(F)F.Cl. The van der Waals surface area contributed by atoms with Gasteiger partial charge in [0.1, 0.15) is 0 Å². The maximum Gasteiger partial charge on any atom is 0.416 e. The Labute approximate surface area is 162 Å². The molecule has 0 aliphatic carbocycles. The zero-order chi connectivity index (χ0) is 19.5. The average molecular weight is 431 g/mol. The van der Waals surface area contributed by atoms with Crippen LogP contribution in [-0.2, 0) is 21.0 Å². The van der Waals surface area contributed by atoms with E-state index >= 15 is 0 Å². The number of nitrogens with zero attached hydrogens (tertiary/aromatic N) is 1. The second-order valence-electron chi connectivity index (χ2n) is 6.37. The third-order valence-corrected chi connectivity index (χ3v) is 6.20. The van der Waals surface area contributed by atoms with E-state index in [9.17, 15) is 26.4 Å². The molecule has 1 aromatic carbocycles. The summed E-state index contributed by atoms with van der Waals surface area (Å²) in [6, 6.07) is 3.02. The number of rotatable bonds is 6. The first-order valence-electron chi connectivity index (χ1n) is 8.12. The van der Waals surface area contributed by atoms with Crippen molar-refractivity contribution >= 4 is 28.4 Å². The van der Waals surface area contributed by atoms with E-state index in [0.717, 1.165) is 12.5 Å². The Hall–Kier alpha value is -1.36. The predicted molar refractivity (Wildman–Crippen MR) is 95.4 cm³/mol. The Balaban J connectivity index is 0.00000364. The fourth-order valence-corrected chi connectivity index (χ4v) is 4.59. The number of sulfonamides is 1. The number of alkyl halides is 3. The first kappa shape index (κ1) is 23.7. The van der Waals surface area contributed by atoms with Gasteiger partial charge < -0.3 is 10.4 Å². The van der Waals surface area contributed by atoms with Gasteiger partial charge in [-0.2, -0.15) is 17.5 Å². The van der Waals surface area contributed by atoms with E-state index in [4.69, 9.17) is 5.11 Å². The average Bonchev–Trinajstić information content (AvgIpc) is 2.54. The van der Waals surface area contributed by atoms with Crippen LogP contribution in [0.2, 0.25) is 0 Å². The van der Waals surface area contributed by atoms with Crippen LogP contribution in [0.25, 0.3) is 0 Å². The van der Waals surface area contributed by atoms with Crippen molar-refractivity contribution in [2.75, 3.05) is 26.2 Å². The number of nitrogens with one attached hydrogen (secondary N) is 1. The number of aryl methyl sites for hydroxylation is 1. The van der Waals surface area contributed by atoms with Gasteiger partial charge in [-0.05, 0) is 49.9 Å². The summed E-state index contributed by atoms with van der Waals surface area (Å²) in [6.07, 6.45) is -3.34. The molecule has 0 saturated carbocycles. The van der Waals surface area contributed by atoms with E-state index in [1.807, 2.05) is 0 Å². The molecule has 154 valence electrons. The number of carboxylic acid groups (broad SMARTS) is 1. The summed E-state index contributed by atoms with van der Waals surface area (Å²) in [5, 5.41) is 11.4. The van der Waals surface area contributed by atoms with Crippen LogP contribution in [0.1, 0.15) is 24.0 Å². The van der Waals surface area contributed by atoms with Crippen molar-refractivity contribution in [3.63, 3.8) is 0 Å². The molecule has 0 aromatic heterocycles. The van der Waals surface area contributed by atoms with Crippen LogP contribution in [0.5, 0.6) is 0 Å². The molecular formula is C16H22ClF3N2O4S. The number of hydrogen-bond donors (Lipinski definition) is 2. The van der Waals surface area contributed by atoms with E-state index in [-0.39, 0.29) is 48.4 Å². The molecule has 11 heteroatoms. The van der Waals surface area contributed by atoms with Crippen LogP contribution in [0, 0.1) is 12.8 Å². The predicted octanol–water partition coefficient (Wildman–Crippen LogP) is 2.51. The first-order valence-corrected chi connectivity index (χ1v) is 9.56. The molecule has 1 heterocycles. The molecule has 1 atom stereocenters. The van der Waals surface area contributed by atoms with Crippen molar-refractivity contribution in [1.82, 2.24) is 9.62 Å². The maximum absolute atomic E-state index is 13.1. The van der Waals surface area contributed by atoms with Crippen LogP contribution in [0.15, 0.2) is 23.1 Å². The lowest BCUT2D eigenvalue weighted by Gasteiger charge is -2.32. The molecule has 2 N–H and O–H groups in total. The third kappa shape index (κ3) is 6.06. The number of aliphatic carboxylic acids is 1. The van der Waals surface area contributed by atoms with Crippen LogP contribution in [-0.4, -0.2) is 50.0 Å². The van der Waals surface area contributed by atoms with Crippen LogP contribution in [0.4, 0.5) is 13.2 Å². The van der Waals surface area contributed by atoms with Gasteiger partial charge in [0.2, 0.25) is 10.0 Å². The molecule has 1 saturated heterocycles. The van der Waals surface area contributed by atoms with E-state index in [1.165, 1.54) is 17.3 Å². The van der Waals surface area contributed by atoms with Crippen LogP contribution < -0.4 is 5.32 Å². The fourth-order valence-electron chi connectivity index (χ4n) is 3.01. The van der Waals surface area contributed by atoms with Crippen molar-refractivity contribution in [2.24, 2.45) is 5.92 Å². The molecule has 1 unspecified atom stereocenters. The highest BCUT2D eigenvalue weighted by atomic mass is 35.5. The summed E-state index contributed by atoms with van der Waals surface area (Å²) < 4.78 is 65.9. The normalized spacial score (nSPS) is 18.7. The van der Waals surface area contributed by atoms with Gasteiger partial charge >= 0.3 is 12.1 Å². The summed E-state index contributed by atoms with van der Waals surface area (Å²) in [7, 11) is -4.05. The monoisotopic (exact) mass is 430 g/mol. The van der Waals surface area contributed by atoms with Crippen molar-refractivity contribution in [3.8, 4) is 0 Å². The summed E-state index contributed by atoms with van der Waals surface area (Å²) in [4.78, 5) is 10.1. The minimum Gasteiger partial charge on any atom is -0.480 e. The van der Waals surface area contributed by atoms with Gasteiger partial charge in [-0.3, -0.25) is 4.79 Å². The van der Waals surface area contributed by atoms with Crippen molar-refractivity contribution < 1.29 is 31.5 Å². The van der Waals surface area contributed by atoms with Gasteiger partial charge in [0, 0.05) is 13.1 Å².